The molecule has 0 fully saturated rings. The molecule has 0 saturated carbocycles. The van der Waals surface area contributed by atoms with Crippen LogP contribution in [0.25, 0.3) is 0 Å². The number of aromatic nitrogens is 1. The van der Waals surface area contributed by atoms with Gasteiger partial charge in [-0.05, 0) is 0 Å². The lowest BCUT2D eigenvalue weighted by molar-refractivity contribution is -0.139. The van der Waals surface area contributed by atoms with Gasteiger partial charge in [-0.2, -0.15) is 5.26 Å². The smallest absolute Gasteiger partial charge is 0.310 e. The summed E-state index contributed by atoms with van der Waals surface area (Å²) in [5, 5.41) is 9.24. The second kappa shape index (κ2) is 6.40. The highest BCUT2D eigenvalue weighted by atomic mass is 79.9. The van der Waals surface area contributed by atoms with Crippen molar-refractivity contribution in [3.05, 3.63) is 28.6 Å². The highest BCUT2D eigenvalue weighted by Crippen LogP contribution is 2.27. The summed E-state index contributed by atoms with van der Waals surface area (Å²) in [6, 6.07) is 1.70. The molecule has 1 rings (SSSR count). The van der Waals surface area contributed by atoms with Gasteiger partial charge in [0.15, 0.2) is 0 Å². The fraction of sp³-hybridized carbons (Fsp3) is 0.364. The Morgan fingerprint density at radius 2 is 2.33 bits per heavy atom. The van der Waals surface area contributed by atoms with E-state index in [9.17, 15) is 13.6 Å². The molecule has 1 heterocycles. The minimum atomic E-state index is -2.81. The largest absolute Gasteiger partial charge is 0.469 e. The Bertz CT molecular complexity index is 501. The molecule has 0 aliphatic carbocycles. The summed E-state index contributed by atoms with van der Waals surface area (Å²) in [5.41, 5.74) is -0.124. The molecular weight excluding hydrogens is 310 g/mol. The van der Waals surface area contributed by atoms with Crippen LogP contribution in [0.1, 0.15) is 28.8 Å². The van der Waals surface area contributed by atoms with E-state index < -0.39 is 18.0 Å². The number of esters is 1. The van der Waals surface area contributed by atoms with Gasteiger partial charge in [0, 0.05) is 17.1 Å². The van der Waals surface area contributed by atoms with Gasteiger partial charge < -0.3 is 4.74 Å². The minimum absolute atomic E-state index is 0.180. The molecule has 7 heteroatoms. The monoisotopic (exact) mass is 318 g/mol. The Hall–Kier alpha value is -1.55. The maximum atomic E-state index is 12.7. The lowest BCUT2D eigenvalue weighted by Gasteiger charge is -2.11. The number of nitriles is 1. The number of carbonyl (C=O) groups excluding carboxylic acids is 1. The summed E-state index contributed by atoms with van der Waals surface area (Å²) in [5.74, 6) is -0.609. The summed E-state index contributed by atoms with van der Waals surface area (Å²) in [7, 11) is 1.19. The number of methoxy groups -OCH3 is 1. The quantitative estimate of drug-likeness (QED) is 0.632. The van der Waals surface area contributed by atoms with Crippen LogP contribution in [0.4, 0.5) is 8.78 Å². The molecule has 0 aliphatic rings. The summed E-state index contributed by atoms with van der Waals surface area (Å²) in [6.07, 6.45) is -2.11. The molecule has 0 aliphatic heterocycles. The summed E-state index contributed by atoms with van der Waals surface area (Å²) in [6.45, 7) is 0. The number of pyridine rings is 1. The van der Waals surface area contributed by atoms with Gasteiger partial charge in [-0.1, -0.05) is 15.9 Å². The number of nitrogens with zero attached hydrogens (tertiary/aromatic N) is 2. The van der Waals surface area contributed by atoms with Crippen molar-refractivity contribution in [2.24, 2.45) is 0 Å². The van der Waals surface area contributed by atoms with Crippen LogP contribution in [-0.4, -0.2) is 18.1 Å². The molecule has 4 nitrogen and oxygen atoms in total. The van der Waals surface area contributed by atoms with E-state index >= 15 is 0 Å². The van der Waals surface area contributed by atoms with E-state index in [0.717, 1.165) is 6.20 Å². The van der Waals surface area contributed by atoms with E-state index in [1.807, 2.05) is 0 Å². The average molecular weight is 319 g/mol. The van der Waals surface area contributed by atoms with Gasteiger partial charge in [-0.3, -0.25) is 9.78 Å². The zero-order valence-corrected chi connectivity index (χ0v) is 11.0. The van der Waals surface area contributed by atoms with Crippen LogP contribution in [0.15, 0.2) is 6.20 Å². The van der Waals surface area contributed by atoms with E-state index in [0.29, 0.717) is 5.69 Å². The van der Waals surface area contributed by atoms with Crippen molar-refractivity contribution in [1.29, 1.82) is 5.26 Å². The number of rotatable bonds is 4. The fourth-order valence-electron chi connectivity index (χ4n) is 1.43. The van der Waals surface area contributed by atoms with Crippen LogP contribution in [0, 0.1) is 11.3 Å². The van der Waals surface area contributed by atoms with Crippen molar-refractivity contribution in [1.82, 2.24) is 4.98 Å². The molecule has 0 N–H and O–H groups in total. The third kappa shape index (κ3) is 3.01. The van der Waals surface area contributed by atoms with Crippen molar-refractivity contribution >= 4 is 21.9 Å². The maximum absolute atomic E-state index is 12.7. The molecule has 1 aromatic rings. The number of alkyl halides is 3. The zero-order chi connectivity index (χ0) is 13.7. The molecule has 0 amide bonds. The number of hydrogen-bond acceptors (Lipinski definition) is 4. The number of carbonyl (C=O) groups is 1. The number of ether oxygens (including phenoxy) is 1. The van der Waals surface area contributed by atoms with E-state index in [1.54, 1.807) is 6.07 Å². The topological polar surface area (TPSA) is 63.0 Å². The second-order valence-corrected chi connectivity index (χ2v) is 3.87. The van der Waals surface area contributed by atoms with Crippen LogP contribution in [0.2, 0.25) is 0 Å². The highest BCUT2D eigenvalue weighted by molar-refractivity contribution is 9.08. The number of halogens is 3. The van der Waals surface area contributed by atoms with Crippen LogP contribution in [-0.2, 0) is 21.3 Å². The molecule has 0 radical (unpaired) electrons. The van der Waals surface area contributed by atoms with Crippen LogP contribution in [0.3, 0.4) is 0 Å². The van der Waals surface area contributed by atoms with Gasteiger partial charge in [0.05, 0.1) is 30.4 Å². The first kappa shape index (κ1) is 14.5. The summed E-state index contributed by atoms with van der Waals surface area (Å²) in [4.78, 5) is 15.1. The molecule has 0 spiro atoms. The minimum Gasteiger partial charge on any atom is -0.469 e. The fourth-order valence-corrected chi connectivity index (χ4v) is 1.91. The molecule has 18 heavy (non-hydrogen) atoms. The van der Waals surface area contributed by atoms with Crippen molar-refractivity contribution in [2.75, 3.05) is 7.11 Å². The molecule has 1 aromatic heterocycles. The van der Waals surface area contributed by atoms with E-state index in [-0.39, 0.29) is 22.9 Å². The molecule has 96 valence electrons. The second-order valence-electron chi connectivity index (χ2n) is 3.31. The Balaban J connectivity index is 3.38. The van der Waals surface area contributed by atoms with Crippen molar-refractivity contribution in [3.63, 3.8) is 0 Å². The van der Waals surface area contributed by atoms with E-state index in [1.165, 1.54) is 7.11 Å². The third-order valence-corrected chi connectivity index (χ3v) is 2.85. The SMILES string of the molecule is COC(=O)Cc1c(CBr)ncc(C(F)F)c1C#N. The van der Waals surface area contributed by atoms with E-state index in [4.69, 9.17) is 5.26 Å². The predicted octanol–water partition coefficient (Wildman–Crippen LogP) is 2.50. The Kier molecular flexibility index (Phi) is 5.16. The first-order valence-electron chi connectivity index (χ1n) is 4.86. The maximum Gasteiger partial charge on any atom is 0.310 e. The van der Waals surface area contributed by atoms with Gasteiger partial charge >= 0.3 is 5.97 Å². The molecule has 0 unspecified atom stereocenters. The molecular formula is C11H9BrF2N2O2. The van der Waals surface area contributed by atoms with Crippen LogP contribution < -0.4 is 0 Å². The molecule has 0 saturated heterocycles. The number of hydrogen-bond donors (Lipinski definition) is 0. The lowest BCUT2D eigenvalue weighted by Crippen LogP contribution is -2.11. The molecule has 0 bridgehead atoms. The average Bonchev–Trinajstić information content (AvgIpc) is 2.37. The third-order valence-electron chi connectivity index (χ3n) is 2.32. The first-order chi connectivity index (χ1) is 8.54. The van der Waals surface area contributed by atoms with Crippen molar-refractivity contribution in [3.8, 4) is 6.07 Å². The van der Waals surface area contributed by atoms with E-state index in [2.05, 4.69) is 25.7 Å². The van der Waals surface area contributed by atoms with Crippen molar-refractivity contribution in [2.45, 2.75) is 18.2 Å². The van der Waals surface area contributed by atoms with Gasteiger partial charge in [0.2, 0.25) is 0 Å². The predicted molar refractivity (Wildman–Crippen MR) is 62.3 cm³/mol. The summed E-state index contributed by atoms with van der Waals surface area (Å²) < 4.78 is 29.9. The van der Waals surface area contributed by atoms with Gasteiger partial charge in [-0.15, -0.1) is 0 Å². The Labute approximate surface area is 111 Å². The zero-order valence-electron chi connectivity index (χ0n) is 9.41. The van der Waals surface area contributed by atoms with Gasteiger partial charge in [-0.25, -0.2) is 8.78 Å². The molecule has 0 atom stereocenters. The van der Waals surface area contributed by atoms with Crippen molar-refractivity contribution < 1.29 is 18.3 Å². The van der Waals surface area contributed by atoms with Gasteiger partial charge in [0.1, 0.15) is 6.07 Å². The Morgan fingerprint density at radius 3 is 2.78 bits per heavy atom. The normalized spacial score (nSPS) is 10.2. The summed E-state index contributed by atoms with van der Waals surface area (Å²) >= 11 is 3.13. The Morgan fingerprint density at radius 1 is 1.67 bits per heavy atom. The van der Waals surface area contributed by atoms with Gasteiger partial charge in [0.25, 0.3) is 6.43 Å². The first-order valence-corrected chi connectivity index (χ1v) is 5.99. The lowest BCUT2D eigenvalue weighted by atomic mass is 10.00. The van der Waals surface area contributed by atoms with Crippen LogP contribution in [0.5, 0.6) is 0 Å². The highest BCUT2D eigenvalue weighted by Gasteiger charge is 2.21. The standard InChI is InChI=1S/C11H9BrF2N2O2/c1-18-10(17)2-6-7(4-15)8(11(13)14)5-16-9(6)3-12/h5,11H,2-3H2,1H3. The molecule has 0 aromatic carbocycles. The van der Waals surface area contributed by atoms with Crippen LogP contribution >= 0.6 is 15.9 Å².